The number of fused-ring (bicyclic) bond motifs is 2. The minimum absolute atomic E-state index is 0.0200. The highest BCUT2D eigenvalue weighted by molar-refractivity contribution is 7.90. The van der Waals surface area contributed by atoms with Crippen LogP contribution >= 0.6 is 0 Å². The van der Waals surface area contributed by atoms with Crippen molar-refractivity contribution in [1.82, 2.24) is 9.99 Å². The summed E-state index contributed by atoms with van der Waals surface area (Å²) in [5, 5.41) is 16.3. The first-order chi connectivity index (χ1) is 15.1. The molecule has 11 heteroatoms. The SMILES string of the molecule is CC1=C2C(Oc3ccc4[nH]c(C)cc4c3F)=NC=NN2CC1OC[C@@H](O)CCS(C)(=O)=O. The van der Waals surface area contributed by atoms with E-state index in [1.54, 1.807) is 23.2 Å². The van der Waals surface area contributed by atoms with Crippen molar-refractivity contribution in [3.63, 3.8) is 0 Å². The van der Waals surface area contributed by atoms with Crippen molar-refractivity contribution >= 4 is 33.0 Å². The van der Waals surface area contributed by atoms with Crippen molar-refractivity contribution in [2.24, 2.45) is 10.1 Å². The van der Waals surface area contributed by atoms with E-state index in [1.807, 2.05) is 13.8 Å². The topological polar surface area (TPSA) is 117 Å². The molecule has 0 saturated carbocycles. The third kappa shape index (κ3) is 4.69. The van der Waals surface area contributed by atoms with E-state index in [-0.39, 0.29) is 30.4 Å². The number of hydrogen-bond acceptors (Lipinski definition) is 8. The molecule has 0 spiro atoms. The molecule has 2 aliphatic heterocycles. The van der Waals surface area contributed by atoms with Crippen LogP contribution in [0, 0.1) is 12.7 Å². The van der Waals surface area contributed by atoms with E-state index in [1.165, 1.54) is 6.34 Å². The van der Waals surface area contributed by atoms with Crippen LogP contribution in [0.15, 0.2) is 39.6 Å². The fourth-order valence-electron chi connectivity index (χ4n) is 3.71. The highest BCUT2D eigenvalue weighted by Gasteiger charge is 2.35. The summed E-state index contributed by atoms with van der Waals surface area (Å²) < 4.78 is 49.1. The van der Waals surface area contributed by atoms with Crippen LogP contribution in [0.4, 0.5) is 4.39 Å². The number of H-pyrrole nitrogens is 1. The fourth-order valence-corrected chi connectivity index (χ4v) is 4.41. The third-order valence-electron chi connectivity index (χ3n) is 5.38. The number of aliphatic imine (C=N–C) groups is 1. The molecule has 3 heterocycles. The monoisotopic (exact) mass is 464 g/mol. The van der Waals surface area contributed by atoms with Gasteiger partial charge in [-0.25, -0.2) is 12.8 Å². The molecule has 0 saturated heterocycles. The normalized spacial score (nSPS) is 19.5. The van der Waals surface area contributed by atoms with E-state index in [0.717, 1.165) is 17.5 Å². The summed E-state index contributed by atoms with van der Waals surface area (Å²) in [4.78, 5) is 7.27. The van der Waals surface area contributed by atoms with E-state index >= 15 is 0 Å². The van der Waals surface area contributed by atoms with E-state index < -0.39 is 27.9 Å². The lowest BCUT2D eigenvalue weighted by Gasteiger charge is -2.21. The Labute approximate surface area is 185 Å². The summed E-state index contributed by atoms with van der Waals surface area (Å²) in [5.74, 6) is -0.348. The maximum atomic E-state index is 15.0. The van der Waals surface area contributed by atoms with Crippen LogP contribution in [0.5, 0.6) is 5.75 Å². The van der Waals surface area contributed by atoms with Crippen LogP contribution in [0.25, 0.3) is 10.9 Å². The molecule has 2 N–H and O–H groups in total. The molecule has 1 aromatic heterocycles. The minimum Gasteiger partial charge on any atom is -0.434 e. The number of hydrazone groups is 1. The number of aromatic nitrogens is 1. The number of halogens is 1. The highest BCUT2D eigenvalue weighted by atomic mass is 32.2. The average Bonchev–Trinajstić information content (AvgIpc) is 3.27. The first-order valence-electron chi connectivity index (χ1n) is 10.1. The van der Waals surface area contributed by atoms with Crippen molar-refractivity contribution < 1.29 is 27.4 Å². The largest absolute Gasteiger partial charge is 0.434 e. The van der Waals surface area contributed by atoms with Gasteiger partial charge in [0.2, 0.25) is 5.90 Å². The number of aryl methyl sites for hydroxylation is 1. The second-order valence-electron chi connectivity index (χ2n) is 8.07. The molecule has 2 aromatic rings. The number of aliphatic hydroxyl groups is 1. The first-order valence-corrected chi connectivity index (χ1v) is 12.2. The molecule has 0 radical (unpaired) electrons. The summed E-state index contributed by atoms with van der Waals surface area (Å²) in [6.07, 6.45) is 1.24. The standard InChI is InChI=1S/C21H25FN4O5S/c1-12-8-15-16(25-12)4-5-17(19(15)22)31-21-20-13(2)18(9-26(20)24-11-23-21)30-10-14(27)6-7-32(3,28)29/h4-5,8,11,14,18,25,27H,6-7,9-10H2,1-3H3/t14-,18?/m0/s1. The number of ether oxygens (including phenoxy) is 2. The van der Waals surface area contributed by atoms with Gasteiger partial charge in [0.1, 0.15) is 28.0 Å². The number of rotatable bonds is 7. The molecule has 0 aliphatic carbocycles. The Balaban J connectivity index is 1.48. The second kappa shape index (κ2) is 8.64. The van der Waals surface area contributed by atoms with E-state index in [2.05, 4.69) is 15.1 Å². The highest BCUT2D eigenvalue weighted by Crippen LogP contribution is 2.32. The zero-order valence-electron chi connectivity index (χ0n) is 18.0. The molecule has 9 nitrogen and oxygen atoms in total. The van der Waals surface area contributed by atoms with Gasteiger partial charge in [-0.1, -0.05) is 0 Å². The van der Waals surface area contributed by atoms with Gasteiger partial charge in [0, 0.05) is 22.9 Å². The number of aromatic amines is 1. The molecule has 0 bridgehead atoms. The van der Waals surface area contributed by atoms with Gasteiger partial charge in [-0.2, -0.15) is 10.1 Å². The molecule has 2 aliphatic rings. The predicted molar refractivity (Wildman–Crippen MR) is 119 cm³/mol. The van der Waals surface area contributed by atoms with Crippen LogP contribution in [-0.4, -0.2) is 73.1 Å². The zero-order chi connectivity index (χ0) is 23.0. The van der Waals surface area contributed by atoms with Crippen LogP contribution in [0.2, 0.25) is 0 Å². The number of nitrogens with zero attached hydrogens (tertiary/aromatic N) is 3. The van der Waals surface area contributed by atoms with Crippen molar-refractivity contribution in [3.8, 4) is 5.75 Å². The third-order valence-corrected chi connectivity index (χ3v) is 6.35. The lowest BCUT2D eigenvalue weighted by atomic mass is 10.1. The Morgan fingerprint density at radius 1 is 1.38 bits per heavy atom. The average molecular weight is 465 g/mol. The van der Waals surface area contributed by atoms with Gasteiger partial charge in [0.15, 0.2) is 11.6 Å². The predicted octanol–water partition coefficient (Wildman–Crippen LogP) is 2.12. The zero-order valence-corrected chi connectivity index (χ0v) is 18.8. The van der Waals surface area contributed by atoms with E-state index in [4.69, 9.17) is 9.47 Å². The first kappa shape index (κ1) is 22.4. The Hall–Kier alpha value is -2.76. The molecule has 4 rings (SSSR count). The summed E-state index contributed by atoms with van der Waals surface area (Å²) in [6.45, 7) is 4.04. The van der Waals surface area contributed by atoms with Gasteiger partial charge < -0.3 is 19.6 Å². The quantitative estimate of drug-likeness (QED) is 0.648. The Morgan fingerprint density at radius 2 is 2.16 bits per heavy atom. The molecular weight excluding hydrogens is 439 g/mol. The number of sulfone groups is 1. The van der Waals surface area contributed by atoms with E-state index in [0.29, 0.717) is 23.1 Å². The van der Waals surface area contributed by atoms with E-state index in [9.17, 15) is 17.9 Å². The number of aliphatic hydroxyl groups excluding tert-OH is 1. The second-order valence-corrected chi connectivity index (χ2v) is 10.3. The Bertz CT molecular complexity index is 1230. The molecule has 2 atom stereocenters. The van der Waals surface area contributed by atoms with Crippen molar-refractivity contribution in [2.75, 3.05) is 25.2 Å². The number of nitrogens with one attached hydrogen (secondary N) is 1. The minimum atomic E-state index is -3.15. The fraction of sp³-hybridized carbons (Fsp3) is 0.429. The van der Waals surface area contributed by atoms with Crippen molar-refractivity contribution in [3.05, 3.63) is 41.0 Å². The molecule has 1 aromatic carbocycles. The van der Waals surface area contributed by atoms with Gasteiger partial charge in [0.05, 0.1) is 25.0 Å². The maximum Gasteiger partial charge on any atom is 0.246 e. The summed E-state index contributed by atoms with van der Waals surface area (Å²) in [5.41, 5.74) is 2.88. The lowest BCUT2D eigenvalue weighted by molar-refractivity contribution is 0.00286. The van der Waals surface area contributed by atoms with Gasteiger partial charge in [-0.05, 0) is 44.0 Å². The van der Waals surface area contributed by atoms with Crippen LogP contribution in [0.3, 0.4) is 0 Å². The van der Waals surface area contributed by atoms with Crippen LogP contribution in [0.1, 0.15) is 19.0 Å². The summed E-state index contributed by atoms with van der Waals surface area (Å²) in [6, 6.07) is 5.01. The Kier molecular flexibility index (Phi) is 6.06. The van der Waals surface area contributed by atoms with Gasteiger partial charge >= 0.3 is 0 Å². The summed E-state index contributed by atoms with van der Waals surface area (Å²) >= 11 is 0. The molecule has 1 unspecified atom stereocenters. The van der Waals surface area contributed by atoms with Gasteiger partial charge in [-0.3, -0.25) is 5.01 Å². The molecule has 0 amide bonds. The van der Waals surface area contributed by atoms with Crippen LogP contribution < -0.4 is 4.74 Å². The molecule has 172 valence electrons. The number of hydrogen-bond donors (Lipinski definition) is 2. The maximum absolute atomic E-state index is 15.0. The molecular formula is C21H25FN4O5S. The van der Waals surface area contributed by atoms with Crippen LogP contribution in [-0.2, 0) is 14.6 Å². The summed E-state index contributed by atoms with van der Waals surface area (Å²) in [7, 11) is -3.15. The molecule has 32 heavy (non-hydrogen) atoms. The van der Waals surface area contributed by atoms with Crippen molar-refractivity contribution in [2.45, 2.75) is 32.5 Å². The smallest absolute Gasteiger partial charge is 0.246 e. The van der Waals surface area contributed by atoms with Gasteiger partial charge in [0.25, 0.3) is 0 Å². The number of benzene rings is 1. The Morgan fingerprint density at radius 3 is 2.91 bits per heavy atom. The molecule has 0 fully saturated rings. The van der Waals surface area contributed by atoms with Gasteiger partial charge in [-0.15, -0.1) is 0 Å². The van der Waals surface area contributed by atoms with Crippen molar-refractivity contribution in [1.29, 1.82) is 0 Å². The lowest BCUT2D eigenvalue weighted by Crippen LogP contribution is -2.29.